The molecule has 1 amide bonds. The summed E-state index contributed by atoms with van der Waals surface area (Å²) in [6.45, 7) is 7.16. The molecule has 2 heterocycles. The zero-order valence-corrected chi connectivity index (χ0v) is 33.2. The standard InChI is InChI=1S/C35H63N9O13/c1-27(2)28(19-37-3-7-39(21-30(46)47)11-15-43(25-34(54)55)16-12-40(8-4-37)22-31(48)49)36-29(45)20-38-5-9-41(23-32(50)51)13-17-44(26-35(56)57)18-14-42(10-6-38)24-33(52)53/h27-28H,3-26H2,1-2H3,(H,36,45)(H,46,47)(H,48,49)(H,50,51)(H,52,53)(H,54,55)(H,56,57)/t28-/m1/s1. The van der Waals surface area contributed by atoms with Crippen molar-refractivity contribution in [3.8, 4) is 0 Å². The summed E-state index contributed by atoms with van der Waals surface area (Å²) < 4.78 is 0. The highest BCUT2D eigenvalue weighted by Crippen LogP contribution is 2.09. The van der Waals surface area contributed by atoms with Gasteiger partial charge in [0.25, 0.3) is 0 Å². The number of rotatable bonds is 18. The molecule has 22 heteroatoms. The van der Waals surface area contributed by atoms with Crippen LogP contribution < -0.4 is 5.32 Å². The highest BCUT2D eigenvalue weighted by Gasteiger charge is 2.26. The lowest BCUT2D eigenvalue weighted by molar-refractivity contribution is -0.140. The molecule has 0 saturated carbocycles. The molecule has 326 valence electrons. The molecule has 0 aromatic heterocycles. The van der Waals surface area contributed by atoms with Crippen LogP contribution in [0.2, 0.25) is 0 Å². The Labute approximate surface area is 333 Å². The zero-order valence-electron chi connectivity index (χ0n) is 33.2. The van der Waals surface area contributed by atoms with Gasteiger partial charge in [0.1, 0.15) is 0 Å². The smallest absolute Gasteiger partial charge is 0.317 e. The Morgan fingerprint density at radius 1 is 0.368 bits per heavy atom. The quantitative estimate of drug-likeness (QED) is 0.0696. The van der Waals surface area contributed by atoms with Crippen molar-refractivity contribution in [3.63, 3.8) is 0 Å². The van der Waals surface area contributed by atoms with Crippen LogP contribution in [0.25, 0.3) is 0 Å². The summed E-state index contributed by atoms with van der Waals surface area (Å²) in [6, 6.07) is -0.378. The van der Waals surface area contributed by atoms with Crippen LogP contribution >= 0.6 is 0 Å². The third-order valence-electron chi connectivity index (χ3n) is 9.99. The van der Waals surface area contributed by atoms with Crippen LogP contribution in [-0.2, 0) is 33.6 Å². The fraction of sp³-hybridized carbons (Fsp3) is 0.800. The number of aliphatic carboxylic acids is 6. The van der Waals surface area contributed by atoms with Crippen LogP contribution in [0, 0.1) is 5.92 Å². The van der Waals surface area contributed by atoms with Crippen LogP contribution in [0.15, 0.2) is 0 Å². The number of nitrogens with one attached hydrogen (secondary N) is 1. The highest BCUT2D eigenvalue weighted by molar-refractivity contribution is 5.78. The Bertz CT molecular complexity index is 1260. The largest absolute Gasteiger partial charge is 0.480 e. The van der Waals surface area contributed by atoms with E-state index < -0.39 is 35.8 Å². The van der Waals surface area contributed by atoms with Crippen molar-refractivity contribution in [1.29, 1.82) is 0 Å². The fourth-order valence-corrected chi connectivity index (χ4v) is 6.75. The number of carbonyl (C=O) groups is 7. The van der Waals surface area contributed by atoms with E-state index in [0.717, 1.165) is 0 Å². The zero-order chi connectivity index (χ0) is 42.5. The van der Waals surface area contributed by atoms with E-state index in [4.69, 9.17) is 0 Å². The van der Waals surface area contributed by atoms with Crippen LogP contribution in [0.5, 0.6) is 0 Å². The van der Waals surface area contributed by atoms with E-state index >= 15 is 0 Å². The number of nitrogens with zero attached hydrogens (tertiary/aromatic N) is 8. The van der Waals surface area contributed by atoms with Crippen molar-refractivity contribution in [1.82, 2.24) is 44.5 Å². The topological polar surface area (TPSA) is 279 Å². The second-order valence-corrected chi connectivity index (χ2v) is 15.0. The van der Waals surface area contributed by atoms with Gasteiger partial charge in [-0.25, -0.2) is 0 Å². The molecule has 2 aliphatic rings. The second-order valence-electron chi connectivity index (χ2n) is 15.0. The number of hydrogen-bond acceptors (Lipinski definition) is 15. The van der Waals surface area contributed by atoms with Gasteiger partial charge in [-0.15, -0.1) is 0 Å². The molecule has 2 saturated heterocycles. The first-order valence-corrected chi connectivity index (χ1v) is 19.3. The molecule has 0 unspecified atom stereocenters. The monoisotopic (exact) mass is 817 g/mol. The van der Waals surface area contributed by atoms with E-state index in [1.54, 1.807) is 29.4 Å². The lowest BCUT2D eigenvalue weighted by atomic mass is 10.0. The van der Waals surface area contributed by atoms with Crippen LogP contribution in [0.1, 0.15) is 13.8 Å². The number of carboxylic acids is 6. The molecule has 0 bridgehead atoms. The normalized spacial score (nSPS) is 20.3. The Hall–Kier alpha value is -4.03. The van der Waals surface area contributed by atoms with Gasteiger partial charge in [-0.1, -0.05) is 13.8 Å². The van der Waals surface area contributed by atoms with Gasteiger partial charge < -0.3 is 36.0 Å². The van der Waals surface area contributed by atoms with Crippen molar-refractivity contribution in [3.05, 3.63) is 0 Å². The van der Waals surface area contributed by atoms with Gasteiger partial charge in [-0.2, -0.15) is 0 Å². The molecular formula is C35H63N9O13. The third kappa shape index (κ3) is 22.5. The molecule has 2 rings (SSSR count). The lowest BCUT2D eigenvalue weighted by Crippen LogP contribution is -2.54. The molecule has 0 spiro atoms. The summed E-state index contributed by atoms with van der Waals surface area (Å²) >= 11 is 0. The summed E-state index contributed by atoms with van der Waals surface area (Å²) in [7, 11) is 0. The maximum absolute atomic E-state index is 13.7. The van der Waals surface area contributed by atoms with Crippen molar-refractivity contribution in [2.24, 2.45) is 5.92 Å². The molecule has 0 aromatic carbocycles. The Morgan fingerprint density at radius 2 is 0.561 bits per heavy atom. The van der Waals surface area contributed by atoms with Crippen molar-refractivity contribution < 1.29 is 64.2 Å². The predicted molar refractivity (Wildman–Crippen MR) is 204 cm³/mol. The van der Waals surface area contributed by atoms with Crippen LogP contribution in [-0.4, -0.2) is 275 Å². The minimum Gasteiger partial charge on any atom is -0.480 e. The van der Waals surface area contributed by atoms with Crippen LogP contribution in [0.3, 0.4) is 0 Å². The van der Waals surface area contributed by atoms with Gasteiger partial charge in [0, 0.05) is 117 Å². The molecule has 22 nitrogen and oxygen atoms in total. The Kier molecular flexibility index (Phi) is 22.5. The third-order valence-corrected chi connectivity index (χ3v) is 9.99. The van der Waals surface area contributed by atoms with E-state index in [2.05, 4.69) is 10.2 Å². The molecule has 1 atom stereocenters. The summed E-state index contributed by atoms with van der Waals surface area (Å²) in [5.41, 5.74) is 0. The van der Waals surface area contributed by atoms with Gasteiger partial charge in [0.05, 0.1) is 45.8 Å². The Balaban J connectivity index is 2.24. The first-order valence-electron chi connectivity index (χ1n) is 19.3. The highest BCUT2D eigenvalue weighted by atomic mass is 16.4. The van der Waals surface area contributed by atoms with E-state index in [-0.39, 0.29) is 142 Å². The van der Waals surface area contributed by atoms with E-state index in [9.17, 15) is 64.2 Å². The average Bonchev–Trinajstić information content (AvgIpc) is 3.08. The molecular weight excluding hydrogens is 754 g/mol. The first-order chi connectivity index (χ1) is 26.9. The summed E-state index contributed by atoms with van der Waals surface area (Å²) in [6.07, 6.45) is 0. The van der Waals surface area contributed by atoms with Crippen LogP contribution in [0.4, 0.5) is 0 Å². The molecule has 2 aliphatic heterocycles. The molecule has 57 heavy (non-hydrogen) atoms. The molecule has 7 N–H and O–H groups in total. The minimum absolute atomic E-state index is 0.0534. The van der Waals surface area contributed by atoms with Crippen molar-refractivity contribution in [2.45, 2.75) is 19.9 Å². The number of carboxylic acid groups (broad SMARTS) is 6. The second kappa shape index (κ2) is 26.1. The maximum atomic E-state index is 13.7. The first kappa shape index (κ1) is 49.1. The predicted octanol–water partition coefficient (Wildman–Crippen LogP) is -3.92. The van der Waals surface area contributed by atoms with Gasteiger partial charge in [0.15, 0.2) is 0 Å². The Morgan fingerprint density at radius 3 is 0.754 bits per heavy atom. The number of hydrogen-bond donors (Lipinski definition) is 7. The molecule has 0 aromatic rings. The molecule has 0 radical (unpaired) electrons. The molecule has 2 fully saturated rings. The fourth-order valence-electron chi connectivity index (χ4n) is 6.75. The number of amides is 1. The summed E-state index contributed by atoms with van der Waals surface area (Å²) in [4.78, 5) is 97.5. The maximum Gasteiger partial charge on any atom is 0.317 e. The van der Waals surface area contributed by atoms with E-state index in [1.807, 2.05) is 18.7 Å². The van der Waals surface area contributed by atoms with Gasteiger partial charge in [0.2, 0.25) is 5.91 Å². The van der Waals surface area contributed by atoms with E-state index in [0.29, 0.717) is 32.7 Å². The van der Waals surface area contributed by atoms with E-state index in [1.165, 1.54) is 0 Å². The van der Waals surface area contributed by atoms with Gasteiger partial charge in [-0.3, -0.25) is 72.8 Å². The summed E-state index contributed by atoms with van der Waals surface area (Å²) in [5.74, 6) is -6.62. The van der Waals surface area contributed by atoms with Crippen molar-refractivity contribution in [2.75, 3.05) is 157 Å². The van der Waals surface area contributed by atoms with Gasteiger partial charge in [-0.05, 0) is 5.92 Å². The SMILES string of the molecule is CC(C)[C@@H](CN1CCN(CC(=O)O)CCN(CC(=O)O)CCN(CC(=O)O)CC1)NC(=O)CN1CCN(CC(=O)O)CCN(CC(=O)O)CCN(CC(=O)O)CC1. The summed E-state index contributed by atoms with van der Waals surface area (Å²) in [5, 5.41) is 60.2. The minimum atomic E-state index is -1.05. The van der Waals surface area contributed by atoms with Crippen molar-refractivity contribution >= 4 is 41.7 Å². The lowest BCUT2D eigenvalue weighted by Gasteiger charge is -2.36. The number of carbonyl (C=O) groups excluding carboxylic acids is 1. The average molecular weight is 818 g/mol. The van der Waals surface area contributed by atoms with Gasteiger partial charge >= 0.3 is 35.8 Å². The molecule has 0 aliphatic carbocycles.